The number of aromatic nitrogens is 1. The van der Waals surface area contributed by atoms with Crippen molar-refractivity contribution in [3.05, 3.63) is 29.3 Å². The lowest BCUT2D eigenvalue weighted by atomic mass is 10.1. The average molecular weight is 312 g/mol. The van der Waals surface area contributed by atoms with E-state index < -0.39 is 0 Å². The molecule has 4 nitrogen and oxygen atoms in total. The molecule has 1 aromatic carbocycles. The number of benzene rings is 1. The average Bonchev–Trinajstić information content (AvgIpc) is 3.04. The van der Waals surface area contributed by atoms with Crippen molar-refractivity contribution in [3.63, 3.8) is 0 Å². The number of nitrogens with zero attached hydrogens (tertiary/aromatic N) is 1. The Morgan fingerprint density at radius 2 is 2.30 bits per heavy atom. The molecule has 0 saturated carbocycles. The summed E-state index contributed by atoms with van der Waals surface area (Å²) in [4.78, 5) is 16.3. The van der Waals surface area contributed by atoms with Crippen molar-refractivity contribution >= 4 is 39.9 Å². The van der Waals surface area contributed by atoms with Crippen molar-refractivity contribution in [2.45, 2.75) is 31.8 Å². The Morgan fingerprint density at radius 3 is 3.05 bits per heavy atom. The van der Waals surface area contributed by atoms with Crippen LogP contribution in [-0.4, -0.2) is 23.5 Å². The number of nitrogens with one attached hydrogen (secondary N) is 2. The van der Waals surface area contributed by atoms with Crippen LogP contribution in [0.3, 0.4) is 0 Å². The van der Waals surface area contributed by atoms with Gasteiger partial charge >= 0.3 is 0 Å². The predicted octanol–water partition coefficient (Wildman–Crippen LogP) is 2.48. The molecule has 2 aromatic rings. The molecule has 1 amide bonds. The van der Waals surface area contributed by atoms with Crippen LogP contribution in [0.4, 0.5) is 0 Å². The number of hydrogen-bond donors (Lipinski definition) is 2. The van der Waals surface area contributed by atoms with Gasteiger partial charge in [0.15, 0.2) is 0 Å². The second-order valence-electron chi connectivity index (χ2n) is 4.85. The molecule has 0 aliphatic carbocycles. The summed E-state index contributed by atoms with van der Waals surface area (Å²) in [6.45, 7) is 1.57. The number of fused-ring (bicyclic) bond motifs is 1. The largest absolute Gasteiger partial charge is 0.350 e. The van der Waals surface area contributed by atoms with Gasteiger partial charge in [0, 0.05) is 12.5 Å². The minimum atomic E-state index is 0. The molecule has 2 N–H and O–H groups in total. The van der Waals surface area contributed by atoms with Crippen molar-refractivity contribution < 1.29 is 4.79 Å². The summed E-state index contributed by atoms with van der Waals surface area (Å²) >= 11 is 1.64. The van der Waals surface area contributed by atoms with E-state index in [0.717, 1.165) is 23.5 Å². The van der Waals surface area contributed by atoms with Gasteiger partial charge in [0.2, 0.25) is 5.91 Å². The van der Waals surface area contributed by atoms with Gasteiger partial charge in [-0.2, -0.15) is 0 Å². The minimum absolute atomic E-state index is 0. The maximum atomic E-state index is 11.8. The fourth-order valence-corrected chi connectivity index (χ4v) is 3.30. The number of hydrogen-bond acceptors (Lipinski definition) is 4. The number of halogens is 1. The van der Waals surface area contributed by atoms with Crippen molar-refractivity contribution in [2.24, 2.45) is 0 Å². The van der Waals surface area contributed by atoms with Gasteiger partial charge in [-0.15, -0.1) is 23.7 Å². The van der Waals surface area contributed by atoms with Gasteiger partial charge in [0.25, 0.3) is 0 Å². The maximum absolute atomic E-state index is 11.8. The summed E-state index contributed by atoms with van der Waals surface area (Å²) in [6, 6.07) is 8.40. The lowest BCUT2D eigenvalue weighted by Crippen LogP contribution is -2.31. The van der Waals surface area contributed by atoms with E-state index in [1.165, 1.54) is 11.1 Å². The first-order valence-corrected chi connectivity index (χ1v) is 7.47. The van der Waals surface area contributed by atoms with Crippen molar-refractivity contribution in [1.82, 2.24) is 15.6 Å². The molecule has 1 aliphatic heterocycles. The Morgan fingerprint density at radius 1 is 1.45 bits per heavy atom. The molecule has 108 valence electrons. The number of rotatable bonds is 4. The van der Waals surface area contributed by atoms with Crippen LogP contribution in [0.25, 0.3) is 10.2 Å². The Hall–Kier alpha value is -1.17. The zero-order valence-corrected chi connectivity index (χ0v) is 12.7. The van der Waals surface area contributed by atoms with Crippen molar-refractivity contribution in [2.75, 3.05) is 6.54 Å². The number of carbonyl (C=O) groups is 1. The monoisotopic (exact) mass is 311 g/mol. The zero-order chi connectivity index (χ0) is 13.1. The lowest BCUT2D eigenvalue weighted by Gasteiger charge is -2.09. The highest BCUT2D eigenvalue weighted by atomic mass is 35.5. The van der Waals surface area contributed by atoms with E-state index in [1.807, 2.05) is 18.2 Å². The first-order chi connectivity index (χ1) is 9.31. The fourth-order valence-electron chi connectivity index (χ4n) is 2.40. The van der Waals surface area contributed by atoms with Crippen LogP contribution >= 0.6 is 23.7 Å². The normalized spacial score (nSPS) is 17.9. The molecule has 0 bridgehead atoms. The standard InChI is InChI=1S/C14H17N3OS.ClH/c18-13(8-10-4-3-7-15-10)16-9-14-17-11-5-1-2-6-12(11)19-14;/h1-2,5-6,10,15H,3-4,7-9H2,(H,16,18);1H. The minimum Gasteiger partial charge on any atom is -0.350 e. The molecule has 1 fully saturated rings. The topological polar surface area (TPSA) is 54.0 Å². The number of para-hydroxylation sites is 1. The third-order valence-corrected chi connectivity index (χ3v) is 4.41. The van der Waals surface area contributed by atoms with Crippen LogP contribution in [0.2, 0.25) is 0 Å². The van der Waals surface area contributed by atoms with Crippen LogP contribution in [0.1, 0.15) is 24.3 Å². The SMILES string of the molecule is Cl.O=C(CC1CCCN1)NCc1nc2ccccc2s1. The molecule has 3 rings (SSSR count). The van der Waals surface area contributed by atoms with E-state index in [9.17, 15) is 4.79 Å². The second kappa shape index (κ2) is 7.02. The second-order valence-corrected chi connectivity index (χ2v) is 5.96. The molecule has 2 heterocycles. The summed E-state index contributed by atoms with van der Waals surface area (Å²) in [6.07, 6.45) is 2.86. The quantitative estimate of drug-likeness (QED) is 0.912. The van der Waals surface area contributed by atoms with E-state index in [-0.39, 0.29) is 18.3 Å². The number of carbonyl (C=O) groups excluding carboxylic acids is 1. The van der Waals surface area contributed by atoms with Crippen LogP contribution < -0.4 is 10.6 Å². The highest BCUT2D eigenvalue weighted by Gasteiger charge is 2.17. The molecule has 1 aromatic heterocycles. The van der Waals surface area contributed by atoms with Crippen LogP contribution in [0.15, 0.2) is 24.3 Å². The molecule has 1 atom stereocenters. The smallest absolute Gasteiger partial charge is 0.221 e. The molecule has 1 saturated heterocycles. The Labute approximate surface area is 128 Å². The molecule has 0 spiro atoms. The van der Waals surface area contributed by atoms with Gasteiger partial charge in [0.05, 0.1) is 16.8 Å². The fraction of sp³-hybridized carbons (Fsp3) is 0.429. The molecule has 6 heteroatoms. The Kier molecular flexibility index (Phi) is 5.34. The third kappa shape index (κ3) is 3.69. The molecular formula is C14H18ClN3OS. The van der Waals surface area contributed by atoms with Gasteiger partial charge < -0.3 is 10.6 Å². The molecule has 0 radical (unpaired) electrons. The first-order valence-electron chi connectivity index (χ1n) is 6.66. The third-order valence-electron chi connectivity index (χ3n) is 3.37. The van der Waals surface area contributed by atoms with Gasteiger partial charge in [-0.1, -0.05) is 12.1 Å². The highest BCUT2D eigenvalue weighted by Crippen LogP contribution is 2.21. The van der Waals surface area contributed by atoms with E-state index >= 15 is 0 Å². The van der Waals surface area contributed by atoms with Gasteiger partial charge in [-0.3, -0.25) is 4.79 Å². The van der Waals surface area contributed by atoms with Gasteiger partial charge in [-0.05, 0) is 31.5 Å². The lowest BCUT2D eigenvalue weighted by molar-refractivity contribution is -0.121. The summed E-state index contributed by atoms with van der Waals surface area (Å²) < 4.78 is 1.17. The van der Waals surface area contributed by atoms with E-state index in [1.54, 1.807) is 11.3 Å². The molecule has 1 aliphatic rings. The molecule has 1 unspecified atom stereocenters. The van der Waals surface area contributed by atoms with Gasteiger partial charge in [0.1, 0.15) is 5.01 Å². The van der Waals surface area contributed by atoms with E-state index in [0.29, 0.717) is 19.0 Å². The van der Waals surface area contributed by atoms with Crippen LogP contribution in [0.5, 0.6) is 0 Å². The highest BCUT2D eigenvalue weighted by molar-refractivity contribution is 7.18. The van der Waals surface area contributed by atoms with E-state index in [4.69, 9.17) is 0 Å². The number of thiazole rings is 1. The summed E-state index contributed by atoms with van der Waals surface area (Å²) in [5.74, 6) is 0.110. The predicted molar refractivity (Wildman–Crippen MR) is 84.4 cm³/mol. The Bertz CT molecular complexity index is 548. The zero-order valence-electron chi connectivity index (χ0n) is 11.1. The number of amides is 1. The van der Waals surface area contributed by atoms with Crippen molar-refractivity contribution in [1.29, 1.82) is 0 Å². The Balaban J connectivity index is 0.00000147. The van der Waals surface area contributed by atoms with E-state index in [2.05, 4.69) is 21.7 Å². The molecular weight excluding hydrogens is 294 g/mol. The maximum Gasteiger partial charge on any atom is 0.221 e. The van der Waals surface area contributed by atoms with Crippen LogP contribution in [-0.2, 0) is 11.3 Å². The summed E-state index contributed by atoms with van der Waals surface area (Å²) in [7, 11) is 0. The van der Waals surface area contributed by atoms with Crippen molar-refractivity contribution in [3.8, 4) is 0 Å². The summed E-state index contributed by atoms with van der Waals surface area (Å²) in [5, 5.41) is 7.26. The molecule has 20 heavy (non-hydrogen) atoms. The van der Waals surface area contributed by atoms with Gasteiger partial charge in [-0.25, -0.2) is 4.98 Å². The first kappa shape index (κ1) is 15.2. The van der Waals surface area contributed by atoms with Crippen LogP contribution in [0, 0.1) is 0 Å². The summed E-state index contributed by atoms with van der Waals surface area (Å²) in [5.41, 5.74) is 1.01.